The number of hydrogen-bond acceptors (Lipinski definition) is 5. The van der Waals surface area contributed by atoms with E-state index < -0.39 is 0 Å². The highest BCUT2D eigenvalue weighted by atomic mass is 35.5. The zero-order valence-corrected chi connectivity index (χ0v) is 13.6. The van der Waals surface area contributed by atoms with Crippen molar-refractivity contribution < 1.29 is 14.3 Å². The molecule has 1 aliphatic rings. The lowest BCUT2D eigenvalue weighted by Crippen LogP contribution is -2.35. The van der Waals surface area contributed by atoms with Crippen LogP contribution in [0, 0.1) is 0 Å². The number of rotatable bonds is 6. The van der Waals surface area contributed by atoms with Crippen molar-refractivity contribution in [3.63, 3.8) is 0 Å². The molecule has 23 heavy (non-hydrogen) atoms. The Morgan fingerprint density at radius 1 is 1.48 bits per heavy atom. The van der Waals surface area contributed by atoms with E-state index in [1.54, 1.807) is 25.2 Å². The van der Waals surface area contributed by atoms with Crippen LogP contribution in [0.3, 0.4) is 0 Å². The van der Waals surface area contributed by atoms with Gasteiger partial charge in [0.05, 0.1) is 10.7 Å². The number of carbonyl (C=O) groups excluding carboxylic acids is 2. The molecule has 7 nitrogen and oxygen atoms in total. The number of halogens is 1. The SMILES string of the molecule is CN(CCN)C(=O)COc1ccc(C2=NNC(=O)CC2)cc1Cl. The second-order valence-electron chi connectivity index (χ2n) is 5.13. The molecule has 1 aromatic carbocycles. The van der Waals surface area contributed by atoms with Crippen molar-refractivity contribution in [1.82, 2.24) is 10.3 Å². The van der Waals surface area contributed by atoms with Gasteiger partial charge in [-0.25, -0.2) is 5.43 Å². The summed E-state index contributed by atoms with van der Waals surface area (Å²) in [6.07, 6.45) is 0.960. The van der Waals surface area contributed by atoms with Gasteiger partial charge >= 0.3 is 0 Å². The van der Waals surface area contributed by atoms with E-state index in [2.05, 4.69) is 10.5 Å². The highest BCUT2D eigenvalue weighted by molar-refractivity contribution is 6.32. The van der Waals surface area contributed by atoms with Crippen molar-refractivity contribution in [2.24, 2.45) is 10.8 Å². The number of amides is 2. The monoisotopic (exact) mass is 338 g/mol. The molecule has 0 aliphatic carbocycles. The van der Waals surface area contributed by atoms with Gasteiger partial charge in [0, 0.05) is 33.0 Å². The Bertz CT molecular complexity index is 633. The molecule has 0 saturated heterocycles. The average molecular weight is 339 g/mol. The molecule has 0 radical (unpaired) electrons. The summed E-state index contributed by atoms with van der Waals surface area (Å²) in [4.78, 5) is 24.4. The van der Waals surface area contributed by atoms with Crippen LogP contribution in [-0.4, -0.2) is 49.2 Å². The third kappa shape index (κ3) is 4.67. The molecule has 0 bridgehead atoms. The van der Waals surface area contributed by atoms with Crippen LogP contribution in [0.15, 0.2) is 23.3 Å². The fraction of sp³-hybridized carbons (Fsp3) is 0.400. The number of ether oxygens (including phenoxy) is 1. The summed E-state index contributed by atoms with van der Waals surface area (Å²) in [5.74, 6) is 0.153. The first kappa shape index (κ1) is 17.2. The van der Waals surface area contributed by atoms with Crippen molar-refractivity contribution in [1.29, 1.82) is 0 Å². The zero-order valence-electron chi connectivity index (χ0n) is 12.8. The number of nitrogens with one attached hydrogen (secondary N) is 1. The summed E-state index contributed by atoms with van der Waals surface area (Å²) in [7, 11) is 1.67. The lowest BCUT2D eigenvalue weighted by molar-refractivity contribution is -0.131. The van der Waals surface area contributed by atoms with Crippen LogP contribution in [0.25, 0.3) is 0 Å². The molecule has 124 valence electrons. The van der Waals surface area contributed by atoms with E-state index in [0.29, 0.717) is 36.7 Å². The van der Waals surface area contributed by atoms with Crippen molar-refractivity contribution in [3.05, 3.63) is 28.8 Å². The van der Waals surface area contributed by atoms with E-state index in [1.165, 1.54) is 4.90 Å². The maximum absolute atomic E-state index is 11.8. The fourth-order valence-electron chi connectivity index (χ4n) is 2.05. The summed E-state index contributed by atoms with van der Waals surface area (Å²) in [5.41, 5.74) is 9.42. The van der Waals surface area contributed by atoms with E-state index in [0.717, 1.165) is 11.3 Å². The second kappa shape index (κ2) is 7.94. The summed E-state index contributed by atoms with van der Waals surface area (Å²) in [5, 5.41) is 4.40. The Labute approximate surface area is 139 Å². The smallest absolute Gasteiger partial charge is 0.260 e. The Morgan fingerprint density at radius 2 is 2.26 bits per heavy atom. The summed E-state index contributed by atoms with van der Waals surface area (Å²) in [6.45, 7) is 0.767. The number of hydrazone groups is 1. The lowest BCUT2D eigenvalue weighted by atomic mass is 10.0. The minimum Gasteiger partial charge on any atom is -0.482 e. The third-order valence-electron chi connectivity index (χ3n) is 3.41. The van der Waals surface area contributed by atoms with Crippen LogP contribution in [0.1, 0.15) is 18.4 Å². The largest absolute Gasteiger partial charge is 0.482 e. The van der Waals surface area contributed by atoms with Crippen LogP contribution in [0.5, 0.6) is 5.75 Å². The van der Waals surface area contributed by atoms with Crippen LogP contribution in [-0.2, 0) is 9.59 Å². The first-order valence-electron chi connectivity index (χ1n) is 7.23. The predicted molar refractivity (Wildman–Crippen MR) is 87.6 cm³/mol. The third-order valence-corrected chi connectivity index (χ3v) is 3.71. The minimum atomic E-state index is -0.171. The molecule has 0 saturated carbocycles. The highest BCUT2D eigenvalue weighted by Gasteiger charge is 2.15. The van der Waals surface area contributed by atoms with E-state index in [9.17, 15) is 9.59 Å². The highest BCUT2D eigenvalue weighted by Crippen LogP contribution is 2.26. The zero-order chi connectivity index (χ0) is 16.8. The predicted octanol–water partition coefficient (Wildman–Crippen LogP) is 0.750. The van der Waals surface area contributed by atoms with Gasteiger partial charge in [-0.05, 0) is 23.8 Å². The van der Waals surface area contributed by atoms with E-state index in [1.807, 2.05) is 0 Å². The Morgan fingerprint density at radius 3 is 2.87 bits per heavy atom. The Hall–Kier alpha value is -2.12. The van der Waals surface area contributed by atoms with Crippen molar-refractivity contribution in [2.45, 2.75) is 12.8 Å². The van der Waals surface area contributed by atoms with Gasteiger partial charge in [-0.15, -0.1) is 0 Å². The van der Waals surface area contributed by atoms with E-state index in [-0.39, 0.29) is 18.4 Å². The standard InChI is InChI=1S/C15H19ClN4O3/c1-20(7-6-17)15(22)9-23-13-4-2-10(8-11(13)16)12-3-5-14(21)19-18-12/h2,4,8H,3,5-7,9,17H2,1H3,(H,19,21). The maximum Gasteiger partial charge on any atom is 0.260 e. The lowest BCUT2D eigenvalue weighted by Gasteiger charge is -2.17. The summed E-state index contributed by atoms with van der Waals surface area (Å²) in [6, 6.07) is 5.19. The van der Waals surface area contributed by atoms with Crippen molar-refractivity contribution in [3.8, 4) is 5.75 Å². The fourth-order valence-corrected chi connectivity index (χ4v) is 2.28. The molecule has 8 heteroatoms. The number of nitrogens with zero attached hydrogens (tertiary/aromatic N) is 2. The molecule has 2 rings (SSSR count). The quantitative estimate of drug-likeness (QED) is 0.799. The van der Waals surface area contributed by atoms with Gasteiger partial charge in [-0.3, -0.25) is 9.59 Å². The molecule has 2 amide bonds. The first-order chi connectivity index (χ1) is 11.0. The van der Waals surface area contributed by atoms with E-state index in [4.69, 9.17) is 22.1 Å². The number of hydrogen-bond donors (Lipinski definition) is 2. The van der Waals surface area contributed by atoms with Crippen molar-refractivity contribution in [2.75, 3.05) is 26.7 Å². The maximum atomic E-state index is 11.8. The molecular weight excluding hydrogens is 320 g/mol. The molecule has 1 heterocycles. The van der Waals surface area contributed by atoms with Crippen LogP contribution >= 0.6 is 11.6 Å². The molecule has 0 fully saturated rings. The molecule has 0 aromatic heterocycles. The molecular formula is C15H19ClN4O3. The number of benzene rings is 1. The minimum absolute atomic E-state index is 0.0973. The molecule has 1 aliphatic heterocycles. The second-order valence-corrected chi connectivity index (χ2v) is 5.54. The topological polar surface area (TPSA) is 97.0 Å². The Kier molecular flexibility index (Phi) is 5.95. The van der Waals surface area contributed by atoms with Gasteiger partial charge in [0.2, 0.25) is 5.91 Å². The van der Waals surface area contributed by atoms with Gasteiger partial charge in [0.1, 0.15) is 5.75 Å². The summed E-state index contributed by atoms with van der Waals surface area (Å²) < 4.78 is 5.45. The number of nitrogens with two attached hydrogens (primary N) is 1. The molecule has 3 N–H and O–H groups in total. The average Bonchev–Trinajstić information content (AvgIpc) is 2.54. The van der Waals surface area contributed by atoms with Crippen LogP contribution in [0.2, 0.25) is 5.02 Å². The normalized spacial score (nSPS) is 14.0. The van der Waals surface area contributed by atoms with Crippen LogP contribution < -0.4 is 15.9 Å². The number of carbonyl (C=O) groups is 2. The van der Waals surface area contributed by atoms with Crippen molar-refractivity contribution >= 4 is 29.1 Å². The first-order valence-corrected chi connectivity index (χ1v) is 7.61. The molecule has 1 aromatic rings. The van der Waals surface area contributed by atoms with Gasteiger partial charge in [-0.1, -0.05) is 11.6 Å². The van der Waals surface area contributed by atoms with Gasteiger partial charge < -0.3 is 15.4 Å². The number of likely N-dealkylation sites (N-methyl/N-ethyl adjacent to an activating group) is 1. The molecule has 0 atom stereocenters. The van der Waals surface area contributed by atoms with Gasteiger partial charge in [0.15, 0.2) is 6.61 Å². The van der Waals surface area contributed by atoms with E-state index >= 15 is 0 Å². The van der Waals surface area contributed by atoms with Gasteiger partial charge in [-0.2, -0.15) is 5.10 Å². The molecule has 0 spiro atoms. The van der Waals surface area contributed by atoms with Gasteiger partial charge in [0.25, 0.3) is 5.91 Å². The molecule has 0 unspecified atom stereocenters. The van der Waals surface area contributed by atoms with Crippen LogP contribution in [0.4, 0.5) is 0 Å². The Balaban J connectivity index is 2.00. The summed E-state index contributed by atoms with van der Waals surface area (Å²) >= 11 is 6.19.